The summed E-state index contributed by atoms with van der Waals surface area (Å²) in [5.41, 5.74) is 1.65. The van der Waals surface area contributed by atoms with E-state index in [1.54, 1.807) is 12.3 Å². The van der Waals surface area contributed by atoms with Crippen LogP contribution in [0.2, 0.25) is 0 Å². The van der Waals surface area contributed by atoms with Gasteiger partial charge in [-0.05, 0) is 55.7 Å². The Bertz CT molecular complexity index is 1090. The van der Waals surface area contributed by atoms with E-state index in [0.29, 0.717) is 12.4 Å². The van der Waals surface area contributed by atoms with E-state index < -0.39 is 17.7 Å². The van der Waals surface area contributed by atoms with E-state index in [4.69, 9.17) is 4.74 Å². The van der Waals surface area contributed by atoms with Gasteiger partial charge in [-0.25, -0.2) is 4.98 Å². The number of carbonyl (C=O) groups is 4. The summed E-state index contributed by atoms with van der Waals surface area (Å²) in [5.74, 6) is -1.23. The van der Waals surface area contributed by atoms with Gasteiger partial charge in [0.15, 0.2) is 0 Å². The van der Waals surface area contributed by atoms with E-state index >= 15 is 0 Å². The van der Waals surface area contributed by atoms with Crippen LogP contribution >= 0.6 is 0 Å². The second kappa shape index (κ2) is 8.88. The quantitative estimate of drug-likeness (QED) is 0.693. The molecule has 4 rings (SSSR count). The number of nitrogens with one attached hydrogen (secondary N) is 1. The number of rotatable bonds is 6. The first-order chi connectivity index (χ1) is 15.3. The van der Waals surface area contributed by atoms with Gasteiger partial charge in [-0.2, -0.15) is 0 Å². The van der Waals surface area contributed by atoms with Crippen LogP contribution in [0.5, 0.6) is 0 Å². The number of imide groups is 1. The minimum atomic E-state index is -0.432. The van der Waals surface area contributed by atoms with Gasteiger partial charge in [0, 0.05) is 25.4 Å². The third-order valence-corrected chi connectivity index (χ3v) is 5.54. The highest BCUT2D eigenvalue weighted by Crippen LogP contribution is 2.26. The molecule has 0 spiro atoms. The van der Waals surface area contributed by atoms with Gasteiger partial charge in [0.25, 0.3) is 17.7 Å². The van der Waals surface area contributed by atoms with Gasteiger partial charge >= 0.3 is 0 Å². The molecule has 166 valence electrons. The Hall–Kier alpha value is -3.59. The van der Waals surface area contributed by atoms with E-state index in [-0.39, 0.29) is 41.8 Å². The zero-order valence-corrected chi connectivity index (χ0v) is 18.0. The molecule has 1 aromatic carbocycles. The van der Waals surface area contributed by atoms with E-state index in [1.165, 1.54) is 35.0 Å². The molecule has 1 aromatic heterocycles. The molecule has 0 radical (unpaired) electrons. The van der Waals surface area contributed by atoms with Gasteiger partial charge in [-0.1, -0.05) is 0 Å². The number of hydrogen-bond donors (Lipinski definition) is 1. The number of aryl methyl sites for hydroxylation is 1. The minimum absolute atomic E-state index is 0.147. The molecular weight excluding hydrogens is 412 g/mol. The zero-order chi connectivity index (χ0) is 22.8. The molecule has 2 aromatic rings. The number of anilines is 1. The van der Waals surface area contributed by atoms with Gasteiger partial charge in [0.2, 0.25) is 5.91 Å². The van der Waals surface area contributed by atoms with Crippen LogP contribution in [0.3, 0.4) is 0 Å². The number of aromatic nitrogens is 1. The first-order valence-electron chi connectivity index (χ1n) is 10.4. The third-order valence-electron chi connectivity index (χ3n) is 5.54. The maximum absolute atomic E-state index is 12.8. The van der Waals surface area contributed by atoms with Crippen molar-refractivity contribution in [3.05, 3.63) is 58.8 Å². The molecule has 0 aliphatic carbocycles. The number of likely N-dealkylation sites (N-methyl/N-ethyl adjacent to an activating group) is 1. The molecule has 2 aliphatic rings. The maximum Gasteiger partial charge on any atom is 0.261 e. The van der Waals surface area contributed by atoms with Crippen LogP contribution in [-0.4, -0.2) is 71.3 Å². The predicted molar refractivity (Wildman–Crippen MR) is 115 cm³/mol. The smallest absolute Gasteiger partial charge is 0.261 e. The van der Waals surface area contributed by atoms with Crippen molar-refractivity contribution in [3.8, 4) is 0 Å². The highest BCUT2D eigenvalue weighted by atomic mass is 16.5. The number of benzene rings is 1. The van der Waals surface area contributed by atoms with Crippen molar-refractivity contribution in [3.63, 3.8) is 0 Å². The number of carbonyl (C=O) groups excluding carboxylic acids is 4. The average Bonchev–Trinajstić information content (AvgIpc) is 3.36. The molecular formula is C23H24N4O5. The van der Waals surface area contributed by atoms with E-state index in [0.717, 1.165) is 18.4 Å². The molecule has 0 bridgehead atoms. The predicted octanol–water partition coefficient (Wildman–Crippen LogP) is 1.88. The summed E-state index contributed by atoms with van der Waals surface area (Å²) in [6.45, 7) is 2.54. The molecule has 4 amide bonds. The van der Waals surface area contributed by atoms with Crippen molar-refractivity contribution in [1.82, 2.24) is 14.8 Å². The van der Waals surface area contributed by atoms with Crippen LogP contribution in [0.4, 0.5) is 5.82 Å². The summed E-state index contributed by atoms with van der Waals surface area (Å²) in [6.07, 6.45) is 3.16. The molecule has 1 atom stereocenters. The van der Waals surface area contributed by atoms with Gasteiger partial charge in [-0.3, -0.25) is 24.1 Å². The fourth-order valence-electron chi connectivity index (χ4n) is 3.88. The second-order valence-electron chi connectivity index (χ2n) is 8.04. The lowest BCUT2D eigenvalue weighted by Crippen LogP contribution is -2.36. The molecule has 1 unspecified atom stereocenters. The summed E-state index contributed by atoms with van der Waals surface area (Å²) in [5, 5.41) is 2.65. The molecule has 2 aliphatic heterocycles. The van der Waals surface area contributed by atoms with Gasteiger partial charge in [-0.15, -0.1) is 0 Å². The minimum Gasteiger partial charge on any atom is -0.376 e. The topological polar surface area (TPSA) is 109 Å². The number of hydrogen-bond acceptors (Lipinski definition) is 6. The molecule has 0 saturated carbocycles. The number of fused-ring (bicyclic) bond motifs is 1. The Kier molecular flexibility index (Phi) is 6.00. The number of ether oxygens (including phenoxy) is 1. The highest BCUT2D eigenvalue weighted by molar-refractivity contribution is 6.22. The van der Waals surface area contributed by atoms with Crippen LogP contribution in [0.1, 0.15) is 49.5 Å². The Balaban J connectivity index is 1.43. The molecule has 9 heteroatoms. The largest absolute Gasteiger partial charge is 0.376 e. The van der Waals surface area contributed by atoms with Crippen LogP contribution in [-0.2, 0) is 9.53 Å². The first-order valence-corrected chi connectivity index (χ1v) is 10.4. The summed E-state index contributed by atoms with van der Waals surface area (Å²) < 4.78 is 5.54. The molecule has 3 heterocycles. The van der Waals surface area contributed by atoms with Crippen molar-refractivity contribution < 1.29 is 23.9 Å². The van der Waals surface area contributed by atoms with Crippen LogP contribution in [0.15, 0.2) is 36.5 Å². The summed E-state index contributed by atoms with van der Waals surface area (Å²) in [6, 6.07) is 7.95. The summed E-state index contributed by atoms with van der Waals surface area (Å²) >= 11 is 0. The third kappa shape index (κ3) is 4.38. The fourth-order valence-corrected chi connectivity index (χ4v) is 3.88. The number of nitrogens with zero attached hydrogens (tertiary/aromatic N) is 3. The first kappa shape index (κ1) is 21.6. The van der Waals surface area contributed by atoms with Gasteiger partial charge in [0.05, 0.1) is 30.3 Å². The number of amides is 4. The molecule has 1 saturated heterocycles. The SMILES string of the molecule is Cc1ccnc(NC(=O)CN(C)C(=O)c2ccc3c(c2)C(=O)N(CC2CCCO2)C3=O)c1. The Morgan fingerprint density at radius 2 is 1.97 bits per heavy atom. The Morgan fingerprint density at radius 3 is 2.69 bits per heavy atom. The molecule has 1 fully saturated rings. The van der Waals surface area contributed by atoms with Crippen LogP contribution < -0.4 is 5.32 Å². The van der Waals surface area contributed by atoms with E-state index in [9.17, 15) is 19.2 Å². The second-order valence-corrected chi connectivity index (χ2v) is 8.04. The van der Waals surface area contributed by atoms with Crippen molar-refractivity contribution in [2.75, 3.05) is 32.1 Å². The van der Waals surface area contributed by atoms with Crippen molar-refractivity contribution in [2.24, 2.45) is 0 Å². The van der Waals surface area contributed by atoms with Crippen LogP contribution in [0, 0.1) is 6.92 Å². The van der Waals surface area contributed by atoms with Crippen molar-refractivity contribution in [2.45, 2.75) is 25.9 Å². The van der Waals surface area contributed by atoms with Crippen molar-refractivity contribution >= 4 is 29.4 Å². The Labute approximate surface area is 185 Å². The monoisotopic (exact) mass is 436 g/mol. The maximum atomic E-state index is 12.8. The van der Waals surface area contributed by atoms with Gasteiger partial charge in [0.1, 0.15) is 5.82 Å². The van der Waals surface area contributed by atoms with Crippen LogP contribution in [0.25, 0.3) is 0 Å². The lowest BCUT2D eigenvalue weighted by Gasteiger charge is -2.18. The fraction of sp³-hybridized carbons (Fsp3) is 0.348. The lowest BCUT2D eigenvalue weighted by atomic mass is 10.0. The van der Waals surface area contributed by atoms with E-state index in [2.05, 4.69) is 10.3 Å². The Morgan fingerprint density at radius 1 is 1.19 bits per heavy atom. The molecule has 1 N–H and O–H groups in total. The van der Waals surface area contributed by atoms with Gasteiger partial charge < -0.3 is 15.0 Å². The highest BCUT2D eigenvalue weighted by Gasteiger charge is 2.38. The molecule has 9 nitrogen and oxygen atoms in total. The lowest BCUT2D eigenvalue weighted by molar-refractivity contribution is -0.116. The summed E-state index contributed by atoms with van der Waals surface area (Å²) in [7, 11) is 1.50. The standard InChI is InChI=1S/C23H24N4O5/c1-14-7-8-24-19(10-14)25-20(28)13-26(2)21(29)15-5-6-17-18(11-15)23(31)27(22(17)30)12-16-4-3-9-32-16/h5-8,10-11,16H,3-4,9,12-13H2,1-2H3,(H,24,25,28). The molecule has 32 heavy (non-hydrogen) atoms. The summed E-state index contributed by atoms with van der Waals surface area (Å²) in [4.78, 5) is 57.1. The average molecular weight is 436 g/mol. The van der Waals surface area contributed by atoms with Crippen molar-refractivity contribution in [1.29, 1.82) is 0 Å². The number of pyridine rings is 1. The zero-order valence-electron chi connectivity index (χ0n) is 18.0. The van der Waals surface area contributed by atoms with E-state index in [1.807, 2.05) is 13.0 Å². The normalized spacial score (nSPS) is 17.4.